The summed E-state index contributed by atoms with van der Waals surface area (Å²) in [5, 5.41) is 8.65. The van der Waals surface area contributed by atoms with Crippen molar-refractivity contribution in [3.8, 4) is 0 Å². The van der Waals surface area contributed by atoms with Crippen LogP contribution in [0.25, 0.3) is 0 Å². The van der Waals surface area contributed by atoms with E-state index in [9.17, 15) is 4.79 Å². The van der Waals surface area contributed by atoms with Gasteiger partial charge in [0, 0.05) is 12.4 Å². The first-order valence-corrected chi connectivity index (χ1v) is 6.92. The van der Waals surface area contributed by atoms with E-state index in [1.165, 1.54) is 11.8 Å². The molecule has 0 aliphatic heterocycles. The van der Waals surface area contributed by atoms with E-state index in [4.69, 9.17) is 9.84 Å². The number of hydrogen-bond acceptors (Lipinski definition) is 3. The van der Waals surface area contributed by atoms with Crippen molar-refractivity contribution in [3.63, 3.8) is 0 Å². The van der Waals surface area contributed by atoms with Gasteiger partial charge in [-0.2, -0.15) is 0 Å². The first kappa shape index (κ1) is 15.8. The third kappa shape index (κ3) is 7.99. The quantitative estimate of drug-likeness (QED) is 0.637. The summed E-state index contributed by atoms with van der Waals surface area (Å²) in [6.45, 7) is 9.62. The second kappa shape index (κ2) is 8.88. The number of ether oxygens (including phenoxy) is 1. The third-order valence-corrected chi connectivity index (χ3v) is 3.72. The Labute approximate surface area is 103 Å². The number of thioether (sulfide) groups is 1. The van der Waals surface area contributed by atoms with Crippen LogP contribution >= 0.6 is 11.8 Å². The third-order valence-electron chi connectivity index (χ3n) is 2.21. The molecule has 0 saturated carbocycles. The highest BCUT2D eigenvalue weighted by atomic mass is 32.2. The largest absolute Gasteiger partial charge is 0.480 e. The molecule has 3 nitrogen and oxygen atoms in total. The molecule has 0 rings (SSSR count). The molecule has 0 aromatic heterocycles. The van der Waals surface area contributed by atoms with Crippen LogP contribution in [0.3, 0.4) is 0 Å². The molecule has 0 radical (unpaired) electrons. The lowest BCUT2D eigenvalue weighted by molar-refractivity contribution is -0.137. The van der Waals surface area contributed by atoms with E-state index in [-0.39, 0.29) is 11.2 Å². The molecule has 0 saturated heterocycles. The fourth-order valence-corrected chi connectivity index (χ4v) is 2.20. The topological polar surface area (TPSA) is 46.5 Å². The summed E-state index contributed by atoms with van der Waals surface area (Å²) in [5.41, 5.74) is 0. The first-order chi connectivity index (χ1) is 7.45. The molecule has 1 atom stereocenters. The van der Waals surface area contributed by atoms with Crippen molar-refractivity contribution in [1.29, 1.82) is 0 Å². The number of aliphatic carboxylic acids is 1. The predicted octanol–water partition coefficient (Wildman–Crippen LogP) is 2.89. The highest BCUT2D eigenvalue weighted by Gasteiger charge is 2.21. The van der Waals surface area contributed by atoms with Gasteiger partial charge in [-0.05, 0) is 18.3 Å². The normalized spacial score (nSPS) is 13.4. The molecule has 0 spiro atoms. The van der Waals surface area contributed by atoms with Crippen LogP contribution in [0.4, 0.5) is 0 Å². The van der Waals surface area contributed by atoms with Crippen LogP contribution in [0.15, 0.2) is 0 Å². The Morgan fingerprint density at radius 2 is 1.88 bits per heavy atom. The van der Waals surface area contributed by atoms with E-state index in [2.05, 4.69) is 13.8 Å². The standard InChI is InChI=1S/C12H24O3S/c1-9(2)5-6-15-7-8-16-11(10(3)4)12(13)14/h9-11H,5-8H2,1-4H3,(H,13,14). The van der Waals surface area contributed by atoms with Gasteiger partial charge in [-0.3, -0.25) is 4.79 Å². The van der Waals surface area contributed by atoms with Crippen LogP contribution in [-0.4, -0.2) is 35.3 Å². The van der Waals surface area contributed by atoms with Crippen LogP contribution in [0.1, 0.15) is 34.1 Å². The molecule has 96 valence electrons. The van der Waals surface area contributed by atoms with Crippen molar-refractivity contribution >= 4 is 17.7 Å². The Morgan fingerprint density at radius 3 is 2.31 bits per heavy atom. The highest BCUT2D eigenvalue weighted by molar-refractivity contribution is 8.00. The molecule has 16 heavy (non-hydrogen) atoms. The molecule has 1 unspecified atom stereocenters. The number of rotatable bonds is 9. The fourth-order valence-electron chi connectivity index (χ4n) is 1.20. The molecular weight excluding hydrogens is 224 g/mol. The molecule has 1 N–H and O–H groups in total. The van der Waals surface area contributed by atoms with E-state index < -0.39 is 5.97 Å². The molecular formula is C12H24O3S. The highest BCUT2D eigenvalue weighted by Crippen LogP contribution is 2.19. The predicted molar refractivity (Wildman–Crippen MR) is 69.0 cm³/mol. The average molecular weight is 248 g/mol. The van der Waals surface area contributed by atoms with Crippen molar-refractivity contribution in [2.24, 2.45) is 11.8 Å². The lowest BCUT2D eigenvalue weighted by Crippen LogP contribution is -2.23. The minimum absolute atomic E-state index is 0.165. The Bertz CT molecular complexity index is 193. The second-order valence-electron chi connectivity index (χ2n) is 4.67. The minimum Gasteiger partial charge on any atom is -0.480 e. The van der Waals surface area contributed by atoms with E-state index in [1.807, 2.05) is 13.8 Å². The second-order valence-corrected chi connectivity index (χ2v) is 5.92. The summed E-state index contributed by atoms with van der Waals surface area (Å²) in [6, 6.07) is 0. The molecule has 0 amide bonds. The van der Waals surface area contributed by atoms with Gasteiger partial charge >= 0.3 is 5.97 Å². The van der Waals surface area contributed by atoms with Crippen LogP contribution in [0, 0.1) is 11.8 Å². The Morgan fingerprint density at radius 1 is 1.25 bits per heavy atom. The Hall–Kier alpha value is -0.220. The van der Waals surface area contributed by atoms with Crippen molar-refractivity contribution < 1.29 is 14.6 Å². The van der Waals surface area contributed by atoms with E-state index in [0.29, 0.717) is 12.5 Å². The van der Waals surface area contributed by atoms with Crippen LogP contribution in [-0.2, 0) is 9.53 Å². The maximum atomic E-state index is 10.9. The Kier molecular flexibility index (Phi) is 8.76. The molecule has 4 heteroatoms. The zero-order valence-electron chi connectivity index (χ0n) is 10.7. The van der Waals surface area contributed by atoms with Crippen molar-refractivity contribution in [1.82, 2.24) is 0 Å². The van der Waals surface area contributed by atoms with Gasteiger partial charge in [0.25, 0.3) is 0 Å². The smallest absolute Gasteiger partial charge is 0.316 e. The summed E-state index contributed by atoms with van der Waals surface area (Å²) in [6.07, 6.45) is 1.07. The monoisotopic (exact) mass is 248 g/mol. The number of hydrogen-bond donors (Lipinski definition) is 1. The average Bonchev–Trinajstić information content (AvgIpc) is 2.14. The van der Waals surface area contributed by atoms with Gasteiger partial charge in [0.1, 0.15) is 5.25 Å². The van der Waals surface area contributed by atoms with Gasteiger partial charge in [0.15, 0.2) is 0 Å². The van der Waals surface area contributed by atoms with E-state index >= 15 is 0 Å². The van der Waals surface area contributed by atoms with Crippen LogP contribution in [0.5, 0.6) is 0 Å². The molecule has 0 aromatic rings. The summed E-state index contributed by atoms with van der Waals surface area (Å²) in [4.78, 5) is 10.9. The lowest BCUT2D eigenvalue weighted by atomic mass is 10.1. The van der Waals surface area contributed by atoms with Gasteiger partial charge in [-0.1, -0.05) is 27.7 Å². The fraction of sp³-hybridized carbons (Fsp3) is 0.917. The summed E-state index contributed by atoms with van der Waals surface area (Å²) < 4.78 is 5.44. The molecule has 0 aliphatic carbocycles. The van der Waals surface area contributed by atoms with Gasteiger partial charge in [0.05, 0.1) is 6.61 Å². The van der Waals surface area contributed by atoms with E-state index in [1.54, 1.807) is 0 Å². The maximum Gasteiger partial charge on any atom is 0.316 e. The molecule has 0 heterocycles. The maximum absolute atomic E-state index is 10.9. The summed E-state index contributed by atoms with van der Waals surface area (Å²) in [5.74, 6) is 0.864. The molecule has 0 aromatic carbocycles. The summed E-state index contributed by atoms with van der Waals surface area (Å²) in [7, 11) is 0. The van der Waals surface area contributed by atoms with Crippen LogP contribution in [0.2, 0.25) is 0 Å². The van der Waals surface area contributed by atoms with E-state index in [0.717, 1.165) is 18.8 Å². The van der Waals surface area contributed by atoms with Crippen molar-refractivity contribution in [2.45, 2.75) is 39.4 Å². The molecule has 0 aliphatic rings. The Balaban J connectivity index is 3.52. The van der Waals surface area contributed by atoms with Gasteiger partial charge in [-0.15, -0.1) is 11.8 Å². The number of carbonyl (C=O) groups is 1. The summed E-state index contributed by atoms with van der Waals surface area (Å²) >= 11 is 1.47. The van der Waals surface area contributed by atoms with Crippen LogP contribution < -0.4 is 0 Å². The lowest BCUT2D eigenvalue weighted by Gasteiger charge is -2.15. The first-order valence-electron chi connectivity index (χ1n) is 5.87. The zero-order chi connectivity index (χ0) is 12.6. The van der Waals surface area contributed by atoms with Gasteiger partial charge in [0.2, 0.25) is 0 Å². The van der Waals surface area contributed by atoms with Gasteiger partial charge in [-0.25, -0.2) is 0 Å². The zero-order valence-corrected chi connectivity index (χ0v) is 11.5. The molecule has 0 bridgehead atoms. The minimum atomic E-state index is -0.720. The van der Waals surface area contributed by atoms with Crippen molar-refractivity contribution in [2.75, 3.05) is 19.0 Å². The number of carboxylic acids is 1. The van der Waals surface area contributed by atoms with Crippen molar-refractivity contribution in [3.05, 3.63) is 0 Å². The molecule has 0 fully saturated rings. The number of carboxylic acid groups (broad SMARTS) is 1. The SMILES string of the molecule is CC(C)CCOCCSC(C(=O)O)C(C)C. The van der Waals surface area contributed by atoms with Gasteiger partial charge < -0.3 is 9.84 Å².